The fourth-order valence-electron chi connectivity index (χ4n) is 1.20. The molecular formula is C13H15Cl2NO. The maximum Gasteiger partial charge on any atom is 0.244 e. The Bertz CT molecular complexity index is 447. The summed E-state index contributed by atoms with van der Waals surface area (Å²) in [6, 6.07) is 5.21. The second-order valence-electron chi connectivity index (χ2n) is 4.75. The van der Waals surface area contributed by atoms with E-state index in [1.54, 1.807) is 24.3 Å². The molecule has 17 heavy (non-hydrogen) atoms. The molecule has 0 spiro atoms. The lowest BCUT2D eigenvalue weighted by Gasteiger charge is -2.18. The van der Waals surface area contributed by atoms with E-state index < -0.39 is 0 Å². The largest absolute Gasteiger partial charge is 0.348 e. The Morgan fingerprint density at radius 2 is 1.88 bits per heavy atom. The molecule has 0 radical (unpaired) electrons. The summed E-state index contributed by atoms with van der Waals surface area (Å²) in [7, 11) is 0. The van der Waals surface area contributed by atoms with Gasteiger partial charge >= 0.3 is 0 Å². The molecule has 0 saturated carbocycles. The fraction of sp³-hybridized carbons (Fsp3) is 0.308. The molecule has 0 aliphatic rings. The third-order valence-electron chi connectivity index (χ3n) is 1.87. The van der Waals surface area contributed by atoms with Gasteiger partial charge in [-0.1, -0.05) is 29.3 Å². The van der Waals surface area contributed by atoms with Crippen LogP contribution < -0.4 is 5.32 Å². The van der Waals surface area contributed by atoms with E-state index in [1.807, 2.05) is 20.8 Å². The number of carbonyl (C=O) groups excluding carboxylic acids is 1. The monoisotopic (exact) mass is 271 g/mol. The van der Waals surface area contributed by atoms with Crippen molar-refractivity contribution in [2.75, 3.05) is 0 Å². The molecule has 0 saturated heterocycles. The van der Waals surface area contributed by atoms with Crippen LogP contribution in [-0.2, 0) is 4.79 Å². The number of nitrogens with one attached hydrogen (secondary N) is 1. The van der Waals surface area contributed by atoms with Crippen molar-refractivity contribution in [3.05, 3.63) is 39.9 Å². The first-order valence-corrected chi connectivity index (χ1v) is 5.99. The number of hydrogen-bond acceptors (Lipinski definition) is 1. The number of amides is 1. The van der Waals surface area contributed by atoms with Crippen molar-refractivity contribution >= 4 is 35.2 Å². The van der Waals surface area contributed by atoms with Crippen LogP contribution in [0.4, 0.5) is 0 Å². The quantitative estimate of drug-likeness (QED) is 0.812. The Balaban J connectivity index is 2.71. The minimum atomic E-state index is -0.237. The van der Waals surface area contributed by atoms with Crippen molar-refractivity contribution in [2.24, 2.45) is 0 Å². The van der Waals surface area contributed by atoms with Crippen LogP contribution in [0.2, 0.25) is 10.0 Å². The lowest BCUT2D eigenvalue weighted by atomic mass is 10.1. The van der Waals surface area contributed by atoms with Gasteiger partial charge in [0, 0.05) is 11.6 Å². The molecule has 4 heteroatoms. The Labute approximate surface area is 112 Å². The highest BCUT2D eigenvalue weighted by atomic mass is 35.5. The van der Waals surface area contributed by atoms with Crippen molar-refractivity contribution in [1.82, 2.24) is 5.32 Å². The highest BCUT2D eigenvalue weighted by Gasteiger charge is 2.11. The zero-order chi connectivity index (χ0) is 13.1. The minimum Gasteiger partial charge on any atom is -0.348 e. The third-order valence-corrected chi connectivity index (χ3v) is 2.61. The summed E-state index contributed by atoms with van der Waals surface area (Å²) in [5, 5.41) is 3.81. The van der Waals surface area contributed by atoms with E-state index in [0.29, 0.717) is 10.0 Å². The van der Waals surface area contributed by atoms with Crippen molar-refractivity contribution in [3.63, 3.8) is 0 Å². The van der Waals surface area contributed by atoms with Gasteiger partial charge in [0.1, 0.15) is 0 Å². The van der Waals surface area contributed by atoms with Crippen molar-refractivity contribution in [2.45, 2.75) is 26.3 Å². The van der Waals surface area contributed by atoms with Crippen LogP contribution in [0.5, 0.6) is 0 Å². The predicted molar refractivity (Wildman–Crippen MR) is 73.4 cm³/mol. The Hall–Kier alpha value is -0.990. The van der Waals surface area contributed by atoms with Gasteiger partial charge in [0.15, 0.2) is 0 Å². The van der Waals surface area contributed by atoms with E-state index in [0.717, 1.165) is 5.56 Å². The smallest absolute Gasteiger partial charge is 0.244 e. The van der Waals surface area contributed by atoms with Crippen LogP contribution >= 0.6 is 23.2 Å². The van der Waals surface area contributed by atoms with Gasteiger partial charge in [-0.2, -0.15) is 0 Å². The lowest BCUT2D eigenvalue weighted by Crippen LogP contribution is -2.39. The molecule has 0 unspecified atom stereocenters. The van der Waals surface area contributed by atoms with Crippen molar-refractivity contribution in [1.29, 1.82) is 0 Å². The second kappa shape index (κ2) is 5.56. The van der Waals surface area contributed by atoms with Gasteiger partial charge in [0.2, 0.25) is 5.91 Å². The maximum absolute atomic E-state index is 11.5. The van der Waals surface area contributed by atoms with Gasteiger partial charge in [-0.25, -0.2) is 0 Å². The summed E-state index contributed by atoms with van der Waals surface area (Å²) >= 11 is 11.7. The molecule has 1 aromatic rings. The van der Waals surface area contributed by atoms with Crippen LogP contribution in [0.15, 0.2) is 24.3 Å². The molecule has 0 atom stereocenters. The zero-order valence-corrected chi connectivity index (χ0v) is 11.6. The summed E-state index contributed by atoms with van der Waals surface area (Å²) in [5.41, 5.74) is 0.599. The van der Waals surface area contributed by atoms with Crippen molar-refractivity contribution in [3.8, 4) is 0 Å². The highest BCUT2D eigenvalue weighted by molar-refractivity contribution is 6.42. The Morgan fingerprint density at radius 3 is 2.41 bits per heavy atom. The topological polar surface area (TPSA) is 29.1 Å². The molecule has 0 bridgehead atoms. The average molecular weight is 272 g/mol. The van der Waals surface area contributed by atoms with Gasteiger partial charge in [-0.3, -0.25) is 4.79 Å². The third kappa shape index (κ3) is 5.24. The van der Waals surface area contributed by atoms with E-state index in [2.05, 4.69) is 5.32 Å². The predicted octanol–water partition coefficient (Wildman–Crippen LogP) is 3.92. The van der Waals surface area contributed by atoms with Gasteiger partial charge in [-0.05, 0) is 44.5 Å². The lowest BCUT2D eigenvalue weighted by molar-refractivity contribution is -0.117. The standard InChI is InChI=1S/C13H15Cl2NO/c1-13(2,3)16-12(17)7-5-9-4-6-10(14)11(15)8-9/h4-8H,1-3H3,(H,16,17)/b7-5+. The zero-order valence-electron chi connectivity index (χ0n) is 10.1. The van der Waals surface area contributed by atoms with E-state index in [-0.39, 0.29) is 11.4 Å². The van der Waals surface area contributed by atoms with Gasteiger partial charge in [-0.15, -0.1) is 0 Å². The van der Waals surface area contributed by atoms with Gasteiger partial charge in [0.05, 0.1) is 10.0 Å². The Kier molecular flexibility index (Phi) is 4.61. The molecule has 0 aromatic heterocycles. The molecule has 2 nitrogen and oxygen atoms in total. The molecule has 0 aliphatic heterocycles. The van der Waals surface area contributed by atoms with Crippen molar-refractivity contribution < 1.29 is 4.79 Å². The van der Waals surface area contributed by atoms with E-state index in [9.17, 15) is 4.79 Å². The van der Waals surface area contributed by atoms with Crippen LogP contribution in [0.1, 0.15) is 26.3 Å². The minimum absolute atomic E-state index is 0.136. The van der Waals surface area contributed by atoms with Crippen LogP contribution in [-0.4, -0.2) is 11.4 Å². The van der Waals surface area contributed by atoms with Crippen LogP contribution in [0.3, 0.4) is 0 Å². The highest BCUT2D eigenvalue weighted by Crippen LogP contribution is 2.23. The molecule has 0 aliphatic carbocycles. The Morgan fingerprint density at radius 1 is 1.24 bits per heavy atom. The first-order chi connectivity index (χ1) is 7.78. The molecule has 1 N–H and O–H groups in total. The molecule has 92 valence electrons. The number of carbonyl (C=O) groups is 1. The SMILES string of the molecule is CC(C)(C)NC(=O)/C=C/c1ccc(Cl)c(Cl)c1. The summed E-state index contributed by atoms with van der Waals surface area (Å²) in [6.45, 7) is 5.79. The second-order valence-corrected chi connectivity index (χ2v) is 5.56. The number of rotatable bonds is 2. The molecule has 0 heterocycles. The fourth-order valence-corrected chi connectivity index (χ4v) is 1.51. The van der Waals surface area contributed by atoms with E-state index >= 15 is 0 Å². The van der Waals surface area contributed by atoms with E-state index in [4.69, 9.17) is 23.2 Å². The first-order valence-electron chi connectivity index (χ1n) is 5.23. The average Bonchev–Trinajstić information content (AvgIpc) is 2.17. The van der Waals surface area contributed by atoms with Crippen LogP contribution in [0.25, 0.3) is 6.08 Å². The molecule has 1 rings (SSSR count). The summed E-state index contributed by atoms with van der Waals surface area (Å²) < 4.78 is 0. The van der Waals surface area contributed by atoms with Gasteiger partial charge < -0.3 is 5.32 Å². The van der Waals surface area contributed by atoms with Crippen LogP contribution in [0, 0.1) is 0 Å². The molecular weight excluding hydrogens is 257 g/mol. The molecule has 1 aromatic carbocycles. The summed E-state index contributed by atoms with van der Waals surface area (Å²) in [6.07, 6.45) is 3.17. The number of hydrogen-bond donors (Lipinski definition) is 1. The number of halogens is 2. The van der Waals surface area contributed by atoms with E-state index in [1.165, 1.54) is 6.08 Å². The first kappa shape index (κ1) is 14.1. The molecule has 0 fully saturated rings. The maximum atomic E-state index is 11.5. The summed E-state index contributed by atoms with van der Waals surface area (Å²) in [4.78, 5) is 11.5. The normalized spacial score (nSPS) is 11.8. The molecule has 1 amide bonds. The number of benzene rings is 1. The van der Waals surface area contributed by atoms with Gasteiger partial charge in [0.25, 0.3) is 0 Å². The summed E-state index contributed by atoms with van der Waals surface area (Å²) in [5.74, 6) is -0.136.